The summed E-state index contributed by atoms with van der Waals surface area (Å²) in [6.45, 7) is 17.4. The standard InChI is InChI=1S/C74H74N2/c1-7-9-11-23-47-75(66-36-24-27-57(52-66)26-10-8-2)71-50-56(6)72(51-55(71)5)76(64-34-19-14-20-35-64)65-45-43-59(44-46-65)58-39-41-63(42-40-58)73(61-29-15-12-16-30-61)69-48-54(4)70(49-53(69)3)74(62-31-17-13-18-32-62)68-38-25-33-60-28-21-22-37-67(60)68/h7-8,10,12-34,36-47,49-50,52,54-55,64,67-68,73-74H,1-2,9,11,35,48,51H2,3-6H3/b26-10-,47-23+. The Morgan fingerprint density at radius 1 is 0.645 bits per heavy atom. The van der Waals surface area contributed by atoms with E-state index in [0.29, 0.717) is 17.8 Å². The van der Waals surface area contributed by atoms with Gasteiger partial charge < -0.3 is 9.80 Å². The maximum atomic E-state index is 3.96. The SMILES string of the molecule is C=C/C=C\c1cccc(N(/C=C/CCC=C)C2=CC(C)=C(N(c3ccc(-c4ccc(C(C5=C(C)C=C(C(c6ccccc6)C6C=CC=C7C=CC=CC76)C(C)C5)c5ccccc5)cc4)cc3)C3C=CC=CC3)CC2C)c1. The molecule has 0 aromatic heterocycles. The fourth-order valence-corrected chi connectivity index (χ4v) is 12.5. The van der Waals surface area contributed by atoms with Gasteiger partial charge in [0, 0.05) is 52.6 Å². The third-order valence-electron chi connectivity index (χ3n) is 16.3. The number of nitrogens with zero attached hydrogens (tertiary/aromatic N) is 2. The minimum Gasteiger partial charge on any atom is -0.338 e. The quantitative estimate of drug-likeness (QED) is 0.0490. The van der Waals surface area contributed by atoms with Crippen LogP contribution in [-0.4, -0.2) is 6.04 Å². The second-order valence-electron chi connectivity index (χ2n) is 21.4. The van der Waals surface area contributed by atoms with Crippen LogP contribution in [0.4, 0.5) is 11.4 Å². The van der Waals surface area contributed by atoms with Crippen molar-refractivity contribution in [3.8, 4) is 11.1 Å². The summed E-state index contributed by atoms with van der Waals surface area (Å²) in [6.07, 6.45) is 47.5. The second kappa shape index (κ2) is 24.2. The van der Waals surface area contributed by atoms with Crippen molar-refractivity contribution in [2.75, 3.05) is 9.80 Å². The third kappa shape index (κ3) is 11.3. The maximum Gasteiger partial charge on any atom is 0.0556 e. The predicted octanol–water partition coefficient (Wildman–Crippen LogP) is 19.5. The molecule has 0 heterocycles. The van der Waals surface area contributed by atoms with Crippen LogP contribution in [0, 0.1) is 23.7 Å². The minimum atomic E-state index is 0.156. The van der Waals surface area contributed by atoms with Crippen molar-refractivity contribution >= 4 is 17.5 Å². The highest BCUT2D eigenvalue weighted by Gasteiger charge is 2.37. The fourth-order valence-electron chi connectivity index (χ4n) is 12.5. The normalized spacial score (nSPS) is 21.8. The lowest BCUT2D eigenvalue weighted by Gasteiger charge is -2.40. The highest BCUT2D eigenvalue weighted by atomic mass is 15.2. The van der Waals surface area contributed by atoms with Crippen molar-refractivity contribution in [3.05, 3.63) is 318 Å². The van der Waals surface area contributed by atoms with Gasteiger partial charge in [-0.2, -0.15) is 0 Å². The van der Waals surface area contributed by atoms with Crippen LogP contribution in [0.3, 0.4) is 0 Å². The van der Waals surface area contributed by atoms with Crippen molar-refractivity contribution in [2.24, 2.45) is 23.7 Å². The minimum absolute atomic E-state index is 0.156. The smallest absolute Gasteiger partial charge is 0.0556 e. The summed E-state index contributed by atoms with van der Waals surface area (Å²) in [6, 6.07) is 50.3. The number of hydrogen-bond acceptors (Lipinski definition) is 2. The molecule has 0 saturated heterocycles. The van der Waals surface area contributed by atoms with E-state index >= 15 is 0 Å². The number of rotatable bonds is 18. The van der Waals surface area contributed by atoms with Crippen molar-refractivity contribution in [2.45, 2.75) is 77.7 Å². The van der Waals surface area contributed by atoms with Gasteiger partial charge in [-0.1, -0.05) is 250 Å². The summed E-state index contributed by atoms with van der Waals surface area (Å²) in [4.78, 5) is 5.00. The molecule has 5 aliphatic rings. The van der Waals surface area contributed by atoms with Crippen molar-refractivity contribution < 1.29 is 0 Å². The highest BCUT2D eigenvalue weighted by molar-refractivity contribution is 5.70. The summed E-state index contributed by atoms with van der Waals surface area (Å²) in [7, 11) is 0. The molecule has 0 spiro atoms. The van der Waals surface area contributed by atoms with Gasteiger partial charge in [0.05, 0.1) is 6.04 Å². The molecule has 7 atom stereocenters. The molecule has 0 bridgehead atoms. The summed E-state index contributed by atoms with van der Waals surface area (Å²) in [5.41, 5.74) is 19.9. The van der Waals surface area contributed by atoms with Crippen LogP contribution in [0.2, 0.25) is 0 Å². The monoisotopic (exact) mass is 991 g/mol. The van der Waals surface area contributed by atoms with E-state index in [4.69, 9.17) is 0 Å². The average molecular weight is 991 g/mol. The maximum absolute atomic E-state index is 3.96. The van der Waals surface area contributed by atoms with Crippen molar-refractivity contribution in [1.82, 2.24) is 0 Å². The first-order valence-corrected chi connectivity index (χ1v) is 27.7. The van der Waals surface area contributed by atoms with Crippen LogP contribution >= 0.6 is 0 Å². The number of anilines is 2. The Bertz CT molecular complexity index is 3260. The van der Waals surface area contributed by atoms with Gasteiger partial charge in [0.25, 0.3) is 0 Å². The van der Waals surface area contributed by atoms with E-state index in [1.54, 1.807) is 5.57 Å². The summed E-state index contributed by atoms with van der Waals surface area (Å²) in [5.74, 6) is 1.81. The zero-order valence-corrected chi connectivity index (χ0v) is 45.1. The van der Waals surface area contributed by atoms with Crippen LogP contribution < -0.4 is 9.80 Å². The van der Waals surface area contributed by atoms with Gasteiger partial charge in [0.15, 0.2) is 0 Å². The molecule has 0 radical (unpaired) electrons. The number of benzene rings is 5. The lowest BCUT2D eigenvalue weighted by molar-refractivity contribution is 0.434. The van der Waals surface area contributed by atoms with Crippen molar-refractivity contribution in [3.63, 3.8) is 0 Å². The van der Waals surface area contributed by atoms with Crippen LogP contribution in [0.25, 0.3) is 17.2 Å². The Hall–Kier alpha value is -7.94. The van der Waals surface area contributed by atoms with E-state index in [1.165, 1.54) is 67.2 Å². The Labute approximate surface area is 455 Å². The lowest BCUT2D eigenvalue weighted by atomic mass is 9.64. The van der Waals surface area contributed by atoms with Gasteiger partial charge in [0.1, 0.15) is 0 Å². The Kier molecular flexibility index (Phi) is 16.4. The number of allylic oxidation sites excluding steroid dienone is 22. The fraction of sp³-hybridized carbons (Fsp3) is 0.216. The zero-order chi connectivity index (χ0) is 52.4. The molecular weight excluding hydrogens is 917 g/mol. The molecule has 0 N–H and O–H groups in total. The third-order valence-corrected chi connectivity index (χ3v) is 16.3. The van der Waals surface area contributed by atoms with Gasteiger partial charge >= 0.3 is 0 Å². The van der Waals surface area contributed by atoms with Gasteiger partial charge in [-0.3, -0.25) is 0 Å². The molecule has 7 unspecified atom stereocenters. The molecule has 2 heteroatoms. The highest BCUT2D eigenvalue weighted by Crippen LogP contribution is 2.50. The molecular formula is C74H74N2. The molecule has 5 aromatic rings. The van der Waals surface area contributed by atoms with Gasteiger partial charge in [-0.15, -0.1) is 6.58 Å². The van der Waals surface area contributed by atoms with Crippen LogP contribution in [0.1, 0.15) is 93.9 Å². The van der Waals surface area contributed by atoms with E-state index in [-0.39, 0.29) is 23.8 Å². The summed E-state index contributed by atoms with van der Waals surface area (Å²) < 4.78 is 0. The molecule has 0 saturated carbocycles. The Morgan fingerprint density at radius 3 is 2.09 bits per heavy atom. The van der Waals surface area contributed by atoms with Gasteiger partial charge in [0.2, 0.25) is 0 Å². The molecule has 2 nitrogen and oxygen atoms in total. The number of hydrogen-bond donors (Lipinski definition) is 0. The molecule has 0 fully saturated rings. The predicted molar refractivity (Wildman–Crippen MR) is 327 cm³/mol. The van der Waals surface area contributed by atoms with Gasteiger partial charge in [-0.25, -0.2) is 0 Å². The van der Waals surface area contributed by atoms with Gasteiger partial charge in [-0.05, 0) is 133 Å². The topological polar surface area (TPSA) is 6.48 Å². The number of fused-ring (bicyclic) bond motifs is 1. The molecule has 380 valence electrons. The second-order valence-corrected chi connectivity index (χ2v) is 21.4. The van der Waals surface area contributed by atoms with E-state index in [2.05, 4.69) is 281 Å². The molecule has 0 aliphatic heterocycles. The molecule has 76 heavy (non-hydrogen) atoms. The van der Waals surface area contributed by atoms with E-state index in [9.17, 15) is 0 Å². The van der Waals surface area contributed by atoms with Crippen LogP contribution in [0.15, 0.2) is 295 Å². The van der Waals surface area contributed by atoms with Crippen molar-refractivity contribution in [1.29, 1.82) is 0 Å². The molecule has 5 aromatic carbocycles. The number of unbranched alkanes of at least 4 members (excludes halogenated alkanes) is 1. The summed E-state index contributed by atoms with van der Waals surface area (Å²) >= 11 is 0. The molecule has 0 amide bonds. The molecule has 10 rings (SSSR count). The van der Waals surface area contributed by atoms with Crippen LogP contribution in [-0.2, 0) is 0 Å². The summed E-state index contributed by atoms with van der Waals surface area (Å²) in [5, 5.41) is 0. The zero-order valence-electron chi connectivity index (χ0n) is 45.1. The lowest BCUT2D eigenvalue weighted by Crippen LogP contribution is -2.37. The molecule has 5 aliphatic carbocycles. The largest absolute Gasteiger partial charge is 0.338 e. The Balaban J connectivity index is 0.951. The average Bonchev–Trinajstić information content (AvgIpc) is 3.46. The Morgan fingerprint density at radius 2 is 1.37 bits per heavy atom. The van der Waals surface area contributed by atoms with E-state index in [1.807, 2.05) is 18.2 Å². The van der Waals surface area contributed by atoms with E-state index in [0.717, 1.165) is 43.4 Å². The van der Waals surface area contributed by atoms with E-state index < -0.39 is 0 Å². The first-order chi connectivity index (χ1) is 37.3. The van der Waals surface area contributed by atoms with Crippen LogP contribution in [0.5, 0.6) is 0 Å². The first kappa shape index (κ1) is 51.5. The first-order valence-electron chi connectivity index (χ1n) is 27.7.